The molecule has 0 amide bonds. The van der Waals surface area contributed by atoms with Crippen LogP contribution in [0, 0.1) is 26.6 Å². The van der Waals surface area contributed by atoms with Crippen LogP contribution in [0.25, 0.3) is 0 Å². The Balaban J connectivity index is 2.51. The molecule has 0 spiro atoms. The molecular formula is C16H15FO. The lowest BCUT2D eigenvalue weighted by molar-refractivity contribution is 0.103. The third-order valence-corrected chi connectivity index (χ3v) is 3.13. The van der Waals surface area contributed by atoms with E-state index in [-0.39, 0.29) is 11.6 Å². The topological polar surface area (TPSA) is 17.1 Å². The highest BCUT2D eigenvalue weighted by Crippen LogP contribution is 2.19. The second kappa shape index (κ2) is 4.73. The van der Waals surface area contributed by atoms with Crippen molar-refractivity contribution in [2.75, 3.05) is 0 Å². The molecule has 2 aromatic carbocycles. The lowest BCUT2D eigenvalue weighted by atomic mass is 9.94. The van der Waals surface area contributed by atoms with Gasteiger partial charge in [0.15, 0.2) is 5.78 Å². The third kappa shape index (κ3) is 2.19. The average molecular weight is 242 g/mol. The molecule has 0 fully saturated rings. The highest BCUT2D eigenvalue weighted by molar-refractivity contribution is 6.10. The summed E-state index contributed by atoms with van der Waals surface area (Å²) in [6, 6.07) is 10.2. The molecule has 2 heteroatoms. The number of ketones is 1. The van der Waals surface area contributed by atoms with Crippen LogP contribution < -0.4 is 0 Å². The number of rotatable bonds is 2. The molecule has 0 aliphatic carbocycles. The van der Waals surface area contributed by atoms with Crippen LogP contribution in [0.2, 0.25) is 0 Å². The van der Waals surface area contributed by atoms with Gasteiger partial charge in [-0.15, -0.1) is 0 Å². The van der Waals surface area contributed by atoms with Gasteiger partial charge in [-0.1, -0.05) is 18.2 Å². The summed E-state index contributed by atoms with van der Waals surface area (Å²) in [5, 5.41) is 0. The molecule has 0 unspecified atom stereocenters. The molecule has 0 aliphatic heterocycles. The molecule has 1 nitrogen and oxygen atoms in total. The van der Waals surface area contributed by atoms with Gasteiger partial charge in [-0.25, -0.2) is 4.39 Å². The molecule has 0 radical (unpaired) electrons. The minimum absolute atomic E-state index is 0.0475. The maximum absolute atomic E-state index is 13.2. The molecule has 0 aliphatic rings. The van der Waals surface area contributed by atoms with Crippen molar-refractivity contribution in [2.45, 2.75) is 20.8 Å². The first-order valence-electron chi connectivity index (χ1n) is 5.88. The molecule has 0 atom stereocenters. The summed E-state index contributed by atoms with van der Waals surface area (Å²) in [6.07, 6.45) is 0. The van der Waals surface area contributed by atoms with E-state index in [2.05, 4.69) is 0 Å². The molecule has 0 heterocycles. The lowest BCUT2D eigenvalue weighted by Gasteiger charge is -2.09. The number of carbonyl (C=O) groups is 1. The van der Waals surface area contributed by atoms with Gasteiger partial charge in [-0.2, -0.15) is 0 Å². The Kier molecular flexibility index (Phi) is 3.28. The van der Waals surface area contributed by atoms with Crippen LogP contribution in [0.4, 0.5) is 4.39 Å². The molecule has 0 saturated heterocycles. The van der Waals surface area contributed by atoms with Crippen molar-refractivity contribution < 1.29 is 9.18 Å². The first-order chi connectivity index (χ1) is 8.50. The van der Waals surface area contributed by atoms with E-state index >= 15 is 0 Å². The standard InChI is InChI=1S/C16H15FO/c1-10-5-4-6-11(2)15(10)16(18)13-7-8-14(17)12(3)9-13/h4-9H,1-3H3. The predicted octanol–water partition coefficient (Wildman–Crippen LogP) is 3.98. The minimum atomic E-state index is -0.284. The molecule has 0 aromatic heterocycles. The van der Waals surface area contributed by atoms with Crippen molar-refractivity contribution in [1.82, 2.24) is 0 Å². The quantitative estimate of drug-likeness (QED) is 0.728. The smallest absolute Gasteiger partial charge is 0.193 e. The monoisotopic (exact) mass is 242 g/mol. The lowest BCUT2D eigenvalue weighted by Crippen LogP contribution is -2.06. The van der Waals surface area contributed by atoms with Crippen LogP contribution in [0.1, 0.15) is 32.6 Å². The van der Waals surface area contributed by atoms with Crippen molar-refractivity contribution in [2.24, 2.45) is 0 Å². The van der Waals surface area contributed by atoms with E-state index in [0.29, 0.717) is 16.7 Å². The Morgan fingerprint density at radius 3 is 2.11 bits per heavy atom. The predicted molar refractivity (Wildman–Crippen MR) is 70.5 cm³/mol. The van der Waals surface area contributed by atoms with Crippen LogP contribution in [0.3, 0.4) is 0 Å². The zero-order valence-corrected chi connectivity index (χ0v) is 10.8. The molecule has 92 valence electrons. The van der Waals surface area contributed by atoms with Crippen LogP contribution in [-0.4, -0.2) is 5.78 Å². The molecular weight excluding hydrogens is 227 g/mol. The Morgan fingerprint density at radius 1 is 0.944 bits per heavy atom. The van der Waals surface area contributed by atoms with Gasteiger partial charge >= 0.3 is 0 Å². The van der Waals surface area contributed by atoms with Crippen LogP contribution in [0.15, 0.2) is 36.4 Å². The summed E-state index contributed by atoms with van der Waals surface area (Å²) in [7, 11) is 0. The van der Waals surface area contributed by atoms with E-state index in [1.165, 1.54) is 12.1 Å². The number of hydrogen-bond acceptors (Lipinski definition) is 1. The Morgan fingerprint density at radius 2 is 1.56 bits per heavy atom. The molecule has 0 bridgehead atoms. The Bertz CT molecular complexity index is 594. The van der Waals surface area contributed by atoms with Gasteiger partial charge in [0, 0.05) is 11.1 Å². The summed E-state index contributed by atoms with van der Waals surface area (Å²) in [4.78, 5) is 12.4. The second-order valence-corrected chi connectivity index (χ2v) is 4.56. The number of aryl methyl sites for hydroxylation is 3. The van der Waals surface area contributed by atoms with Gasteiger partial charge in [0.05, 0.1) is 0 Å². The first kappa shape index (κ1) is 12.5. The Labute approximate surface area is 106 Å². The van der Waals surface area contributed by atoms with Gasteiger partial charge in [-0.3, -0.25) is 4.79 Å². The summed E-state index contributed by atoms with van der Waals surface area (Å²) in [5.74, 6) is -0.332. The fourth-order valence-electron chi connectivity index (χ4n) is 2.10. The van der Waals surface area contributed by atoms with Crippen molar-refractivity contribution in [1.29, 1.82) is 0 Å². The fraction of sp³-hybridized carbons (Fsp3) is 0.188. The summed E-state index contributed by atoms with van der Waals surface area (Å²) in [5.41, 5.74) is 3.63. The highest BCUT2D eigenvalue weighted by Gasteiger charge is 2.14. The number of halogens is 1. The first-order valence-corrected chi connectivity index (χ1v) is 5.88. The van der Waals surface area contributed by atoms with Gasteiger partial charge in [0.1, 0.15) is 5.82 Å². The van der Waals surface area contributed by atoms with Crippen molar-refractivity contribution in [3.63, 3.8) is 0 Å². The summed E-state index contributed by atoms with van der Waals surface area (Å²) in [6.45, 7) is 5.49. The van der Waals surface area contributed by atoms with Gasteiger partial charge in [-0.05, 0) is 55.7 Å². The van der Waals surface area contributed by atoms with Crippen molar-refractivity contribution in [3.8, 4) is 0 Å². The molecule has 18 heavy (non-hydrogen) atoms. The number of hydrogen-bond donors (Lipinski definition) is 0. The largest absolute Gasteiger partial charge is 0.289 e. The van der Waals surface area contributed by atoms with Crippen LogP contribution in [-0.2, 0) is 0 Å². The van der Waals surface area contributed by atoms with E-state index < -0.39 is 0 Å². The van der Waals surface area contributed by atoms with Gasteiger partial charge in [0.2, 0.25) is 0 Å². The van der Waals surface area contributed by atoms with E-state index in [1.807, 2.05) is 32.0 Å². The zero-order chi connectivity index (χ0) is 13.3. The molecule has 2 rings (SSSR count). The van der Waals surface area contributed by atoms with E-state index in [1.54, 1.807) is 13.0 Å². The molecule has 0 N–H and O–H groups in total. The van der Waals surface area contributed by atoms with E-state index in [0.717, 1.165) is 11.1 Å². The second-order valence-electron chi connectivity index (χ2n) is 4.56. The van der Waals surface area contributed by atoms with Gasteiger partial charge in [0.25, 0.3) is 0 Å². The summed E-state index contributed by atoms with van der Waals surface area (Å²) < 4.78 is 13.2. The summed E-state index contributed by atoms with van der Waals surface area (Å²) >= 11 is 0. The maximum Gasteiger partial charge on any atom is 0.193 e. The van der Waals surface area contributed by atoms with Crippen molar-refractivity contribution >= 4 is 5.78 Å². The zero-order valence-electron chi connectivity index (χ0n) is 10.8. The normalized spacial score (nSPS) is 10.4. The van der Waals surface area contributed by atoms with E-state index in [4.69, 9.17) is 0 Å². The minimum Gasteiger partial charge on any atom is -0.289 e. The van der Waals surface area contributed by atoms with Gasteiger partial charge < -0.3 is 0 Å². The maximum atomic E-state index is 13.2. The fourth-order valence-corrected chi connectivity index (χ4v) is 2.10. The molecule has 2 aromatic rings. The van der Waals surface area contributed by atoms with Crippen LogP contribution in [0.5, 0.6) is 0 Å². The number of carbonyl (C=O) groups excluding carboxylic acids is 1. The number of benzene rings is 2. The third-order valence-electron chi connectivity index (χ3n) is 3.13. The highest BCUT2D eigenvalue weighted by atomic mass is 19.1. The van der Waals surface area contributed by atoms with Crippen molar-refractivity contribution in [3.05, 3.63) is 70.0 Å². The SMILES string of the molecule is Cc1cc(C(=O)c2c(C)cccc2C)ccc1F. The average Bonchev–Trinajstić information content (AvgIpc) is 2.32. The Hall–Kier alpha value is -1.96. The van der Waals surface area contributed by atoms with Crippen LogP contribution >= 0.6 is 0 Å². The van der Waals surface area contributed by atoms with E-state index in [9.17, 15) is 9.18 Å². The molecule has 0 saturated carbocycles.